The Bertz CT molecular complexity index is 178. The summed E-state index contributed by atoms with van der Waals surface area (Å²) >= 11 is 0. The van der Waals surface area contributed by atoms with Crippen molar-refractivity contribution in [3.05, 3.63) is 12.2 Å². The number of nitrogens with two attached hydrogens (primary N) is 1. The third-order valence-corrected chi connectivity index (χ3v) is 1.88. The number of rotatable bonds is 6. The number of hydrogen-bond acceptors (Lipinski definition) is 3. The molecule has 0 saturated carbocycles. The number of esters is 1. The highest BCUT2D eigenvalue weighted by Gasteiger charge is 2.14. The van der Waals surface area contributed by atoms with Gasteiger partial charge in [0, 0.05) is 11.6 Å². The quantitative estimate of drug-likeness (QED) is 0.388. The first-order valence-corrected chi connectivity index (χ1v) is 4.74. The Morgan fingerprint density at radius 2 is 2.15 bits per heavy atom. The molecule has 0 rings (SSSR count). The second-order valence-corrected chi connectivity index (χ2v) is 3.03. The molecule has 3 nitrogen and oxygen atoms in total. The summed E-state index contributed by atoms with van der Waals surface area (Å²) in [7, 11) is 0. The lowest BCUT2D eigenvalue weighted by Gasteiger charge is -2.11. The van der Waals surface area contributed by atoms with E-state index in [-0.39, 0.29) is 12.0 Å². The molecule has 0 aliphatic rings. The fraction of sp³-hybridized carbons (Fsp3) is 0.700. The van der Waals surface area contributed by atoms with Gasteiger partial charge in [0.15, 0.2) is 0 Å². The van der Waals surface area contributed by atoms with Crippen molar-refractivity contribution in [2.45, 2.75) is 39.2 Å². The van der Waals surface area contributed by atoms with E-state index in [0.29, 0.717) is 18.6 Å². The first kappa shape index (κ1) is 12.2. The molecule has 1 unspecified atom stereocenters. The first-order chi connectivity index (χ1) is 6.13. The molecule has 0 aromatic carbocycles. The van der Waals surface area contributed by atoms with Gasteiger partial charge in [0.05, 0.1) is 6.61 Å². The van der Waals surface area contributed by atoms with Crippen molar-refractivity contribution in [2.24, 2.45) is 5.73 Å². The highest BCUT2D eigenvalue weighted by Crippen LogP contribution is 2.03. The Hall–Kier alpha value is -0.830. The minimum Gasteiger partial charge on any atom is -0.462 e. The van der Waals surface area contributed by atoms with Crippen LogP contribution in [-0.4, -0.2) is 18.6 Å². The third-order valence-electron chi connectivity index (χ3n) is 1.88. The van der Waals surface area contributed by atoms with E-state index >= 15 is 0 Å². The zero-order valence-corrected chi connectivity index (χ0v) is 8.51. The number of unbranched alkanes of at least 4 members (excludes halogenated alkanes) is 1. The standard InChI is InChI=1S/C10H19NO2/c1-4-6-7-13-10(12)8(3)9(11)5-2/h9H,3-7,11H2,1-2H3. The van der Waals surface area contributed by atoms with Crippen LogP contribution >= 0.6 is 0 Å². The largest absolute Gasteiger partial charge is 0.462 e. The summed E-state index contributed by atoms with van der Waals surface area (Å²) in [5, 5.41) is 0. The van der Waals surface area contributed by atoms with Gasteiger partial charge in [-0.1, -0.05) is 26.8 Å². The van der Waals surface area contributed by atoms with Crippen molar-refractivity contribution in [3.63, 3.8) is 0 Å². The zero-order chi connectivity index (χ0) is 10.3. The Kier molecular flexibility index (Phi) is 6.24. The van der Waals surface area contributed by atoms with E-state index in [0.717, 1.165) is 12.8 Å². The fourth-order valence-electron chi connectivity index (χ4n) is 0.800. The normalized spacial score (nSPS) is 12.2. The number of carbonyl (C=O) groups is 1. The Morgan fingerprint density at radius 1 is 1.54 bits per heavy atom. The maximum atomic E-state index is 11.2. The second kappa shape index (κ2) is 6.66. The molecule has 2 N–H and O–H groups in total. The van der Waals surface area contributed by atoms with Gasteiger partial charge in [-0.3, -0.25) is 0 Å². The average Bonchev–Trinajstić information content (AvgIpc) is 2.15. The van der Waals surface area contributed by atoms with E-state index in [4.69, 9.17) is 10.5 Å². The van der Waals surface area contributed by atoms with Gasteiger partial charge >= 0.3 is 5.97 Å². The van der Waals surface area contributed by atoms with Crippen LogP contribution in [0.2, 0.25) is 0 Å². The van der Waals surface area contributed by atoms with Crippen molar-refractivity contribution in [1.29, 1.82) is 0 Å². The topological polar surface area (TPSA) is 52.3 Å². The molecule has 0 amide bonds. The lowest BCUT2D eigenvalue weighted by Crippen LogP contribution is -2.27. The van der Waals surface area contributed by atoms with Crippen LogP contribution in [-0.2, 0) is 9.53 Å². The van der Waals surface area contributed by atoms with Gasteiger partial charge in [0.1, 0.15) is 0 Å². The van der Waals surface area contributed by atoms with Gasteiger partial charge in [0.2, 0.25) is 0 Å². The highest BCUT2D eigenvalue weighted by molar-refractivity contribution is 5.88. The van der Waals surface area contributed by atoms with Crippen LogP contribution in [0, 0.1) is 0 Å². The van der Waals surface area contributed by atoms with Gasteiger partial charge in [-0.05, 0) is 12.8 Å². The van der Waals surface area contributed by atoms with Gasteiger partial charge in [-0.15, -0.1) is 0 Å². The van der Waals surface area contributed by atoms with Crippen LogP contribution in [0.5, 0.6) is 0 Å². The molecule has 0 aromatic heterocycles. The third kappa shape index (κ3) is 4.68. The summed E-state index contributed by atoms with van der Waals surface area (Å²) in [5.41, 5.74) is 5.99. The van der Waals surface area contributed by atoms with Crippen molar-refractivity contribution < 1.29 is 9.53 Å². The maximum Gasteiger partial charge on any atom is 0.334 e. The highest BCUT2D eigenvalue weighted by atomic mass is 16.5. The Morgan fingerprint density at radius 3 is 2.62 bits per heavy atom. The summed E-state index contributed by atoms with van der Waals surface area (Å²) in [6, 6.07) is -0.269. The van der Waals surface area contributed by atoms with Crippen LogP contribution in [0.1, 0.15) is 33.1 Å². The summed E-state index contributed by atoms with van der Waals surface area (Å²) < 4.78 is 4.95. The van der Waals surface area contributed by atoms with Crippen molar-refractivity contribution >= 4 is 5.97 Å². The van der Waals surface area contributed by atoms with E-state index in [9.17, 15) is 4.79 Å². The lowest BCUT2D eigenvalue weighted by molar-refractivity contribution is -0.139. The van der Waals surface area contributed by atoms with Crippen LogP contribution in [0.15, 0.2) is 12.2 Å². The van der Waals surface area contributed by atoms with E-state index in [2.05, 4.69) is 6.58 Å². The molecule has 76 valence electrons. The molecule has 0 fully saturated rings. The van der Waals surface area contributed by atoms with E-state index < -0.39 is 0 Å². The van der Waals surface area contributed by atoms with E-state index in [1.165, 1.54) is 0 Å². The van der Waals surface area contributed by atoms with Gasteiger partial charge in [-0.2, -0.15) is 0 Å². The second-order valence-electron chi connectivity index (χ2n) is 3.03. The zero-order valence-electron chi connectivity index (χ0n) is 8.51. The molecule has 1 atom stereocenters. The predicted molar refractivity (Wildman–Crippen MR) is 53.3 cm³/mol. The molecule has 13 heavy (non-hydrogen) atoms. The summed E-state index contributed by atoms with van der Waals surface area (Å²) in [4.78, 5) is 11.2. The lowest BCUT2D eigenvalue weighted by atomic mass is 10.1. The minimum absolute atomic E-state index is 0.269. The molecule has 0 saturated heterocycles. The molecule has 0 radical (unpaired) electrons. The molecular formula is C10H19NO2. The summed E-state index contributed by atoms with van der Waals surface area (Å²) in [6.07, 6.45) is 2.61. The molecular weight excluding hydrogens is 166 g/mol. The first-order valence-electron chi connectivity index (χ1n) is 4.74. The van der Waals surface area contributed by atoms with Crippen molar-refractivity contribution in [3.8, 4) is 0 Å². The Labute approximate surface area is 79.9 Å². The van der Waals surface area contributed by atoms with E-state index in [1.807, 2.05) is 13.8 Å². The molecule has 0 aromatic rings. The van der Waals surface area contributed by atoms with Crippen LogP contribution in [0.25, 0.3) is 0 Å². The SMILES string of the molecule is C=C(C(=O)OCCCC)C(N)CC. The van der Waals surface area contributed by atoms with Crippen molar-refractivity contribution in [2.75, 3.05) is 6.61 Å². The molecule has 3 heteroatoms. The Balaban J connectivity index is 3.76. The summed E-state index contributed by atoms with van der Waals surface area (Å²) in [5.74, 6) is -0.359. The number of carbonyl (C=O) groups excluding carboxylic acids is 1. The number of hydrogen-bond donors (Lipinski definition) is 1. The monoisotopic (exact) mass is 185 g/mol. The molecule has 0 heterocycles. The molecule has 0 spiro atoms. The molecule has 0 aliphatic heterocycles. The smallest absolute Gasteiger partial charge is 0.334 e. The van der Waals surface area contributed by atoms with Crippen molar-refractivity contribution in [1.82, 2.24) is 0 Å². The predicted octanol–water partition coefficient (Wildman–Crippen LogP) is 1.62. The van der Waals surface area contributed by atoms with Gasteiger partial charge < -0.3 is 10.5 Å². The molecule has 0 bridgehead atoms. The number of ether oxygens (including phenoxy) is 1. The van der Waals surface area contributed by atoms with Crippen LogP contribution < -0.4 is 5.73 Å². The van der Waals surface area contributed by atoms with Gasteiger partial charge in [0.25, 0.3) is 0 Å². The van der Waals surface area contributed by atoms with Crippen LogP contribution in [0.4, 0.5) is 0 Å². The summed E-state index contributed by atoms with van der Waals surface area (Å²) in [6.45, 7) is 8.02. The maximum absolute atomic E-state index is 11.2. The minimum atomic E-state index is -0.359. The van der Waals surface area contributed by atoms with E-state index in [1.54, 1.807) is 0 Å². The fourth-order valence-corrected chi connectivity index (χ4v) is 0.800. The van der Waals surface area contributed by atoms with Crippen LogP contribution in [0.3, 0.4) is 0 Å². The van der Waals surface area contributed by atoms with Gasteiger partial charge in [-0.25, -0.2) is 4.79 Å². The average molecular weight is 185 g/mol. The molecule has 0 aliphatic carbocycles.